The van der Waals surface area contributed by atoms with Crippen molar-refractivity contribution in [2.24, 2.45) is 0 Å². The number of benzene rings is 2. The Hall–Kier alpha value is -3.45. The third-order valence-electron chi connectivity index (χ3n) is 5.04. The maximum atomic E-state index is 12.2. The van der Waals surface area contributed by atoms with E-state index in [0.717, 1.165) is 59.7 Å². The van der Waals surface area contributed by atoms with Gasteiger partial charge in [-0.2, -0.15) is 10.1 Å². The summed E-state index contributed by atoms with van der Waals surface area (Å²) in [5.74, 6) is 0. The zero-order chi connectivity index (χ0) is 18.9. The molecule has 0 radical (unpaired) electrons. The van der Waals surface area contributed by atoms with E-state index < -0.39 is 0 Å². The summed E-state index contributed by atoms with van der Waals surface area (Å²) in [6.07, 6.45) is 1.76. The molecule has 7 nitrogen and oxygen atoms in total. The maximum absolute atomic E-state index is 12.2. The van der Waals surface area contributed by atoms with E-state index in [2.05, 4.69) is 37.2 Å². The lowest BCUT2D eigenvalue weighted by Gasteiger charge is -2.28. The van der Waals surface area contributed by atoms with Gasteiger partial charge in [0.05, 0.1) is 36.3 Å². The molecule has 1 aliphatic heterocycles. The van der Waals surface area contributed by atoms with Gasteiger partial charge < -0.3 is 14.6 Å². The van der Waals surface area contributed by atoms with Crippen molar-refractivity contribution >= 4 is 16.6 Å². The maximum Gasteiger partial charge on any atom is 0.345 e. The van der Waals surface area contributed by atoms with Crippen molar-refractivity contribution in [2.75, 3.05) is 31.2 Å². The van der Waals surface area contributed by atoms with E-state index in [9.17, 15) is 4.79 Å². The normalized spacial score (nSPS) is 14.5. The monoisotopic (exact) mass is 373 g/mol. The van der Waals surface area contributed by atoms with Gasteiger partial charge in [-0.25, -0.2) is 4.79 Å². The Labute approximate surface area is 161 Å². The molecule has 5 rings (SSSR count). The molecule has 1 fully saturated rings. The number of H-pyrrole nitrogens is 2. The fourth-order valence-corrected chi connectivity index (χ4v) is 3.54. The molecule has 0 spiro atoms. The van der Waals surface area contributed by atoms with Crippen LogP contribution in [-0.2, 0) is 4.74 Å². The standard InChI is InChI=1S/C21H19N5O2/c27-21-23-19(14-1-4-17(5-2-14)26-7-9-28-10-8-26)12-20(24-21)15-3-6-18-16(11-15)13-22-25-18/h1-6,11-13H,7-10H2,(H,22,25)(H,23,24,27). The van der Waals surface area contributed by atoms with Gasteiger partial charge in [0.1, 0.15) is 0 Å². The molecule has 0 unspecified atom stereocenters. The highest BCUT2D eigenvalue weighted by Gasteiger charge is 2.12. The summed E-state index contributed by atoms with van der Waals surface area (Å²) in [6, 6.07) is 16.0. The number of anilines is 1. The molecule has 3 heterocycles. The van der Waals surface area contributed by atoms with E-state index >= 15 is 0 Å². The first-order chi connectivity index (χ1) is 13.8. The fraction of sp³-hybridized carbons (Fsp3) is 0.190. The molecular formula is C21H19N5O2. The lowest BCUT2D eigenvalue weighted by atomic mass is 10.1. The molecule has 7 heteroatoms. The first-order valence-electron chi connectivity index (χ1n) is 9.24. The Kier molecular flexibility index (Phi) is 4.14. The van der Waals surface area contributed by atoms with Gasteiger partial charge >= 0.3 is 5.69 Å². The highest BCUT2D eigenvalue weighted by molar-refractivity contribution is 5.83. The molecule has 0 atom stereocenters. The summed E-state index contributed by atoms with van der Waals surface area (Å²) in [6.45, 7) is 3.30. The topological polar surface area (TPSA) is 86.9 Å². The third kappa shape index (κ3) is 3.16. The van der Waals surface area contributed by atoms with Crippen LogP contribution >= 0.6 is 0 Å². The number of ether oxygens (including phenoxy) is 1. The molecule has 0 saturated carbocycles. The Morgan fingerprint density at radius 3 is 2.57 bits per heavy atom. The molecule has 140 valence electrons. The zero-order valence-corrected chi connectivity index (χ0v) is 15.2. The van der Waals surface area contributed by atoms with Crippen molar-refractivity contribution in [3.63, 3.8) is 0 Å². The number of aromatic nitrogens is 4. The lowest BCUT2D eigenvalue weighted by molar-refractivity contribution is 0.122. The van der Waals surface area contributed by atoms with Gasteiger partial charge in [0, 0.05) is 29.7 Å². The molecule has 28 heavy (non-hydrogen) atoms. The van der Waals surface area contributed by atoms with Gasteiger partial charge in [-0.3, -0.25) is 5.10 Å². The Balaban J connectivity index is 1.49. The predicted molar refractivity (Wildman–Crippen MR) is 108 cm³/mol. The van der Waals surface area contributed by atoms with E-state index in [-0.39, 0.29) is 5.69 Å². The van der Waals surface area contributed by atoms with E-state index in [1.807, 2.05) is 36.4 Å². The molecule has 2 N–H and O–H groups in total. The van der Waals surface area contributed by atoms with Crippen LogP contribution in [0.2, 0.25) is 0 Å². The second-order valence-corrected chi connectivity index (χ2v) is 6.80. The van der Waals surface area contributed by atoms with Crippen LogP contribution in [0.3, 0.4) is 0 Å². The molecule has 2 aromatic heterocycles. The number of nitrogens with one attached hydrogen (secondary N) is 2. The van der Waals surface area contributed by atoms with Crippen LogP contribution in [0.5, 0.6) is 0 Å². The van der Waals surface area contributed by atoms with Crippen molar-refractivity contribution < 1.29 is 4.74 Å². The number of hydrogen-bond acceptors (Lipinski definition) is 5. The summed E-state index contributed by atoms with van der Waals surface area (Å²) >= 11 is 0. The number of morpholine rings is 1. The summed E-state index contributed by atoms with van der Waals surface area (Å²) in [5.41, 5.74) is 4.96. The van der Waals surface area contributed by atoms with Gasteiger partial charge in [0.25, 0.3) is 0 Å². The van der Waals surface area contributed by atoms with Crippen molar-refractivity contribution in [3.05, 3.63) is 65.2 Å². The molecule has 0 aliphatic carbocycles. The first kappa shape index (κ1) is 16.7. The minimum absolute atomic E-state index is 0.364. The van der Waals surface area contributed by atoms with Gasteiger partial charge in [0.2, 0.25) is 0 Å². The SMILES string of the molecule is O=c1nc(-c2ccc3[nH]ncc3c2)cc(-c2ccc(N3CCOCC3)cc2)[nH]1. The smallest absolute Gasteiger partial charge is 0.345 e. The Morgan fingerprint density at radius 2 is 1.75 bits per heavy atom. The molecule has 0 amide bonds. The average molecular weight is 373 g/mol. The minimum Gasteiger partial charge on any atom is -0.378 e. The summed E-state index contributed by atoms with van der Waals surface area (Å²) in [7, 11) is 0. The number of aromatic amines is 2. The molecule has 2 aromatic carbocycles. The van der Waals surface area contributed by atoms with Crippen LogP contribution in [0.4, 0.5) is 5.69 Å². The zero-order valence-electron chi connectivity index (χ0n) is 15.2. The van der Waals surface area contributed by atoms with Crippen molar-refractivity contribution in [2.45, 2.75) is 0 Å². The first-order valence-corrected chi connectivity index (χ1v) is 9.24. The van der Waals surface area contributed by atoms with E-state index in [1.54, 1.807) is 6.20 Å². The Morgan fingerprint density at radius 1 is 0.964 bits per heavy atom. The molecular weight excluding hydrogens is 354 g/mol. The van der Waals surface area contributed by atoms with Crippen molar-refractivity contribution in [3.8, 4) is 22.5 Å². The highest BCUT2D eigenvalue weighted by atomic mass is 16.5. The summed E-state index contributed by atoms with van der Waals surface area (Å²) < 4.78 is 5.41. The average Bonchev–Trinajstić information content (AvgIpc) is 3.22. The third-order valence-corrected chi connectivity index (χ3v) is 5.04. The number of fused-ring (bicyclic) bond motifs is 1. The summed E-state index contributed by atoms with van der Waals surface area (Å²) in [5, 5.41) is 7.95. The molecule has 4 aromatic rings. The van der Waals surface area contributed by atoms with Crippen LogP contribution in [0.25, 0.3) is 33.4 Å². The largest absolute Gasteiger partial charge is 0.378 e. The van der Waals surface area contributed by atoms with Crippen LogP contribution in [-0.4, -0.2) is 46.5 Å². The van der Waals surface area contributed by atoms with Crippen LogP contribution in [0, 0.1) is 0 Å². The highest BCUT2D eigenvalue weighted by Crippen LogP contribution is 2.26. The van der Waals surface area contributed by atoms with Gasteiger partial charge in [-0.1, -0.05) is 18.2 Å². The molecule has 1 aliphatic rings. The van der Waals surface area contributed by atoms with E-state index in [0.29, 0.717) is 5.69 Å². The molecule has 0 bridgehead atoms. The second-order valence-electron chi connectivity index (χ2n) is 6.80. The van der Waals surface area contributed by atoms with Crippen LogP contribution in [0.1, 0.15) is 0 Å². The van der Waals surface area contributed by atoms with Crippen molar-refractivity contribution in [1.82, 2.24) is 20.2 Å². The quantitative estimate of drug-likeness (QED) is 0.577. The minimum atomic E-state index is -0.364. The molecule has 1 saturated heterocycles. The number of hydrogen-bond donors (Lipinski definition) is 2. The number of rotatable bonds is 3. The fourth-order valence-electron chi connectivity index (χ4n) is 3.54. The van der Waals surface area contributed by atoms with Crippen molar-refractivity contribution in [1.29, 1.82) is 0 Å². The lowest BCUT2D eigenvalue weighted by Crippen LogP contribution is -2.36. The van der Waals surface area contributed by atoms with Crippen LogP contribution in [0.15, 0.2) is 59.5 Å². The van der Waals surface area contributed by atoms with Gasteiger partial charge in [-0.05, 0) is 35.9 Å². The second kappa shape index (κ2) is 6.94. The number of nitrogens with zero attached hydrogens (tertiary/aromatic N) is 3. The van der Waals surface area contributed by atoms with E-state index in [4.69, 9.17) is 4.74 Å². The summed E-state index contributed by atoms with van der Waals surface area (Å²) in [4.78, 5) is 21.5. The van der Waals surface area contributed by atoms with Crippen LogP contribution < -0.4 is 10.6 Å². The van der Waals surface area contributed by atoms with Gasteiger partial charge in [0.15, 0.2) is 0 Å². The Bertz CT molecular complexity index is 1170. The van der Waals surface area contributed by atoms with E-state index in [1.165, 1.54) is 0 Å². The van der Waals surface area contributed by atoms with Gasteiger partial charge in [-0.15, -0.1) is 0 Å². The predicted octanol–water partition coefficient (Wildman–Crippen LogP) is 2.82.